The molecule has 0 amide bonds. The van der Waals surface area contributed by atoms with Gasteiger partial charge in [0.25, 0.3) is 0 Å². The number of methoxy groups -OCH3 is 1. The van der Waals surface area contributed by atoms with Crippen molar-refractivity contribution in [1.29, 1.82) is 0 Å². The highest BCUT2D eigenvalue weighted by Crippen LogP contribution is 2.17. The number of nitrogens with one attached hydrogen (secondary N) is 1. The van der Waals surface area contributed by atoms with Gasteiger partial charge < -0.3 is 15.5 Å². The summed E-state index contributed by atoms with van der Waals surface area (Å²) in [6.07, 6.45) is 2.26. The number of nitrogen functional groups attached to an aromatic ring is 1. The molecule has 3 N–H and O–H groups in total. The van der Waals surface area contributed by atoms with E-state index in [0.717, 1.165) is 55.1 Å². The Balaban J connectivity index is 2.16. The number of hydrogen-bond donors (Lipinski definition) is 2. The highest BCUT2D eigenvalue weighted by molar-refractivity contribution is 5.78. The number of fused-ring (bicyclic) bond motifs is 1. The Bertz CT molecular complexity index is 562. The van der Waals surface area contributed by atoms with Gasteiger partial charge >= 0.3 is 0 Å². The van der Waals surface area contributed by atoms with E-state index >= 15 is 0 Å². The highest BCUT2D eigenvalue weighted by Gasteiger charge is 2.17. The summed E-state index contributed by atoms with van der Waals surface area (Å²) >= 11 is 0. The van der Waals surface area contributed by atoms with Crippen LogP contribution in [0.3, 0.4) is 0 Å². The third kappa shape index (κ3) is 3.95. The van der Waals surface area contributed by atoms with Crippen LogP contribution in [0.4, 0.5) is 5.69 Å². The second kappa shape index (κ2) is 7.43. The molecule has 0 spiro atoms. The quantitative estimate of drug-likeness (QED) is 0.734. The van der Waals surface area contributed by atoms with Gasteiger partial charge in [0.15, 0.2) is 0 Å². The molecule has 2 rings (SSSR count). The second-order valence-corrected chi connectivity index (χ2v) is 5.39. The number of nitrogens with zero attached hydrogens (tertiary/aromatic N) is 2. The molecule has 0 aliphatic rings. The van der Waals surface area contributed by atoms with Gasteiger partial charge in [-0.15, -0.1) is 0 Å². The molecule has 0 fully saturated rings. The number of aromatic amines is 1. The number of benzene rings is 1. The summed E-state index contributed by atoms with van der Waals surface area (Å²) in [6.45, 7) is 6.93. The van der Waals surface area contributed by atoms with Gasteiger partial charge in [-0.05, 0) is 31.0 Å². The zero-order chi connectivity index (χ0) is 15.2. The van der Waals surface area contributed by atoms with Crippen molar-refractivity contribution < 1.29 is 4.74 Å². The van der Waals surface area contributed by atoms with E-state index in [0.29, 0.717) is 6.04 Å². The van der Waals surface area contributed by atoms with Crippen LogP contribution in [0.2, 0.25) is 0 Å². The molecule has 1 aromatic heterocycles. The number of anilines is 1. The largest absolute Gasteiger partial charge is 0.399 e. The molecule has 21 heavy (non-hydrogen) atoms. The number of nitrogens with two attached hydrogens (primary N) is 1. The molecule has 0 bridgehead atoms. The predicted molar refractivity (Wildman–Crippen MR) is 87.2 cm³/mol. The zero-order valence-corrected chi connectivity index (χ0v) is 13.2. The summed E-state index contributed by atoms with van der Waals surface area (Å²) in [5.74, 6) is 0.985. The lowest BCUT2D eigenvalue weighted by Crippen LogP contribution is -2.36. The van der Waals surface area contributed by atoms with Crippen molar-refractivity contribution in [2.45, 2.75) is 39.3 Å². The molecular weight excluding hydrogens is 264 g/mol. The molecule has 2 aromatic rings. The molecule has 0 saturated heterocycles. The van der Waals surface area contributed by atoms with E-state index in [2.05, 4.69) is 28.7 Å². The summed E-state index contributed by atoms with van der Waals surface area (Å²) in [5.41, 5.74) is 8.54. The fourth-order valence-corrected chi connectivity index (χ4v) is 2.75. The number of ether oxygens (including phenoxy) is 1. The summed E-state index contributed by atoms with van der Waals surface area (Å²) in [5, 5.41) is 0. The Kier molecular flexibility index (Phi) is 5.59. The molecule has 0 aliphatic heterocycles. The van der Waals surface area contributed by atoms with Gasteiger partial charge in [-0.3, -0.25) is 4.90 Å². The second-order valence-electron chi connectivity index (χ2n) is 5.39. The van der Waals surface area contributed by atoms with Crippen molar-refractivity contribution in [1.82, 2.24) is 14.9 Å². The first-order valence-electron chi connectivity index (χ1n) is 7.65. The molecule has 0 saturated carbocycles. The molecule has 0 radical (unpaired) electrons. The van der Waals surface area contributed by atoms with Crippen molar-refractivity contribution in [3.8, 4) is 0 Å². The predicted octanol–water partition coefficient (Wildman–Crippen LogP) is 2.78. The van der Waals surface area contributed by atoms with Crippen LogP contribution in [-0.4, -0.2) is 41.2 Å². The van der Waals surface area contributed by atoms with Crippen LogP contribution < -0.4 is 5.73 Å². The maximum atomic E-state index is 5.82. The van der Waals surface area contributed by atoms with Gasteiger partial charge in [0.05, 0.1) is 24.2 Å². The normalized spacial score (nSPS) is 11.9. The third-order valence-electron chi connectivity index (χ3n) is 3.95. The van der Waals surface area contributed by atoms with Gasteiger partial charge in [-0.25, -0.2) is 4.98 Å². The van der Waals surface area contributed by atoms with Crippen LogP contribution in [0, 0.1) is 0 Å². The lowest BCUT2D eigenvalue weighted by atomic mass is 10.1. The van der Waals surface area contributed by atoms with Crippen molar-refractivity contribution in [2.75, 3.05) is 26.0 Å². The van der Waals surface area contributed by atoms with Crippen LogP contribution in [0.1, 0.15) is 32.5 Å². The van der Waals surface area contributed by atoms with E-state index in [-0.39, 0.29) is 0 Å². The zero-order valence-electron chi connectivity index (χ0n) is 13.2. The van der Waals surface area contributed by atoms with Gasteiger partial charge in [-0.2, -0.15) is 0 Å². The summed E-state index contributed by atoms with van der Waals surface area (Å²) in [4.78, 5) is 10.5. The van der Waals surface area contributed by atoms with Crippen molar-refractivity contribution in [3.63, 3.8) is 0 Å². The summed E-state index contributed by atoms with van der Waals surface area (Å²) in [7, 11) is 1.75. The molecule has 0 unspecified atom stereocenters. The minimum absolute atomic E-state index is 0.554. The first-order chi connectivity index (χ1) is 10.2. The highest BCUT2D eigenvalue weighted by atomic mass is 16.5. The Morgan fingerprint density at radius 2 is 2.10 bits per heavy atom. The van der Waals surface area contributed by atoms with Crippen LogP contribution in [0.5, 0.6) is 0 Å². The monoisotopic (exact) mass is 290 g/mol. The van der Waals surface area contributed by atoms with Crippen LogP contribution >= 0.6 is 0 Å². The number of H-pyrrole nitrogens is 1. The molecule has 5 nitrogen and oxygen atoms in total. The van der Waals surface area contributed by atoms with Crippen LogP contribution in [0.25, 0.3) is 11.0 Å². The molecule has 1 heterocycles. The minimum Gasteiger partial charge on any atom is -0.399 e. The third-order valence-corrected chi connectivity index (χ3v) is 3.95. The number of hydrogen-bond acceptors (Lipinski definition) is 4. The van der Waals surface area contributed by atoms with Crippen LogP contribution in [0.15, 0.2) is 18.2 Å². The number of aromatic nitrogens is 2. The van der Waals surface area contributed by atoms with E-state index in [1.54, 1.807) is 7.11 Å². The Morgan fingerprint density at radius 1 is 1.33 bits per heavy atom. The smallest absolute Gasteiger partial charge is 0.121 e. The average Bonchev–Trinajstić information content (AvgIpc) is 2.87. The lowest BCUT2D eigenvalue weighted by molar-refractivity contribution is 0.108. The van der Waals surface area contributed by atoms with E-state index < -0.39 is 0 Å². The fourth-order valence-electron chi connectivity index (χ4n) is 2.75. The molecule has 5 heteroatoms. The van der Waals surface area contributed by atoms with Gasteiger partial charge in [-0.1, -0.05) is 13.8 Å². The van der Waals surface area contributed by atoms with Crippen LogP contribution in [-0.2, 0) is 11.3 Å². The van der Waals surface area contributed by atoms with E-state index in [1.807, 2.05) is 18.2 Å². The lowest BCUT2D eigenvalue weighted by Gasteiger charge is -2.29. The molecule has 0 atom stereocenters. The average molecular weight is 290 g/mol. The van der Waals surface area contributed by atoms with E-state index in [1.165, 1.54) is 0 Å². The first kappa shape index (κ1) is 15.8. The Hall–Kier alpha value is -1.59. The minimum atomic E-state index is 0.554. The topological polar surface area (TPSA) is 67.2 Å². The van der Waals surface area contributed by atoms with Crippen molar-refractivity contribution in [2.24, 2.45) is 0 Å². The first-order valence-corrected chi connectivity index (χ1v) is 7.65. The molecule has 116 valence electrons. The molecule has 1 aromatic carbocycles. The standard InChI is InChI=1S/C16H26N4O/c1-4-13(5-2)20(8-9-21-3)11-16-18-14-7-6-12(17)10-15(14)19-16/h6-7,10,13H,4-5,8-9,11,17H2,1-3H3,(H,18,19). The van der Waals surface area contributed by atoms with E-state index in [9.17, 15) is 0 Å². The molecular formula is C16H26N4O. The fraction of sp³-hybridized carbons (Fsp3) is 0.562. The molecule has 0 aliphatic carbocycles. The Morgan fingerprint density at radius 3 is 2.76 bits per heavy atom. The van der Waals surface area contributed by atoms with Gasteiger partial charge in [0.2, 0.25) is 0 Å². The number of rotatable bonds is 8. The Labute approximate surface area is 126 Å². The van der Waals surface area contributed by atoms with Crippen molar-refractivity contribution in [3.05, 3.63) is 24.0 Å². The van der Waals surface area contributed by atoms with Gasteiger partial charge in [0, 0.05) is 25.4 Å². The van der Waals surface area contributed by atoms with Crippen molar-refractivity contribution >= 4 is 16.7 Å². The summed E-state index contributed by atoms with van der Waals surface area (Å²) < 4.78 is 5.24. The van der Waals surface area contributed by atoms with E-state index in [4.69, 9.17) is 10.5 Å². The maximum absolute atomic E-state index is 5.82. The number of imidazole rings is 1. The van der Waals surface area contributed by atoms with Gasteiger partial charge in [0.1, 0.15) is 5.82 Å². The maximum Gasteiger partial charge on any atom is 0.121 e. The summed E-state index contributed by atoms with van der Waals surface area (Å²) in [6, 6.07) is 6.33. The SMILES string of the molecule is CCC(CC)N(CCOC)Cc1nc2ccc(N)cc2[nH]1.